The van der Waals surface area contributed by atoms with Crippen LogP contribution in [-0.4, -0.2) is 39.8 Å². The normalized spacial score (nSPS) is 11.4. The van der Waals surface area contributed by atoms with Crippen molar-refractivity contribution < 1.29 is 4.74 Å². The highest BCUT2D eigenvalue weighted by molar-refractivity contribution is 6.28. The van der Waals surface area contributed by atoms with Crippen LogP contribution in [0.25, 0.3) is 11.2 Å². The van der Waals surface area contributed by atoms with Crippen LogP contribution in [0, 0.1) is 5.92 Å². The lowest BCUT2D eigenvalue weighted by molar-refractivity contribution is 0.190. The Kier molecular flexibility index (Phi) is 5.14. The van der Waals surface area contributed by atoms with Gasteiger partial charge < -0.3 is 14.6 Å². The third-order valence-corrected chi connectivity index (χ3v) is 3.04. The Balaban J connectivity index is 2.29. The number of hydrogen-bond acceptors (Lipinski definition) is 5. The van der Waals surface area contributed by atoms with Crippen molar-refractivity contribution in [1.29, 1.82) is 0 Å². The Bertz CT molecular complexity index is 569. The van der Waals surface area contributed by atoms with Crippen LogP contribution in [0.5, 0.6) is 0 Å². The molecule has 0 saturated carbocycles. The molecule has 0 bridgehead atoms. The molecule has 0 aliphatic heterocycles. The Labute approximate surface area is 123 Å². The fourth-order valence-corrected chi connectivity index (χ4v) is 2.09. The van der Waals surface area contributed by atoms with Crippen LogP contribution < -0.4 is 5.32 Å². The molecule has 0 amide bonds. The molecule has 2 aromatic rings. The second kappa shape index (κ2) is 6.85. The average molecular weight is 298 g/mol. The first kappa shape index (κ1) is 15.0. The zero-order valence-electron chi connectivity index (χ0n) is 12.1. The molecule has 2 heterocycles. The van der Waals surface area contributed by atoms with Crippen molar-refractivity contribution in [3.8, 4) is 0 Å². The van der Waals surface area contributed by atoms with Gasteiger partial charge in [0.15, 0.2) is 11.5 Å². The van der Waals surface area contributed by atoms with E-state index < -0.39 is 0 Å². The minimum atomic E-state index is 0.214. The number of nitrogens with zero attached hydrogens (tertiary/aromatic N) is 4. The number of ether oxygens (including phenoxy) is 1. The molecule has 20 heavy (non-hydrogen) atoms. The molecule has 0 unspecified atom stereocenters. The number of hydrogen-bond donors (Lipinski definition) is 1. The first-order chi connectivity index (χ1) is 9.61. The van der Waals surface area contributed by atoms with Gasteiger partial charge in [0, 0.05) is 26.8 Å². The number of rotatable bonds is 7. The number of anilines is 1. The van der Waals surface area contributed by atoms with E-state index in [9.17, 15) is 0 Å². The Hall–Kier alpha value is -1.40. The Morgan fingerprint density at radius 2 is 2.20 bits per heavy atom. The second-order valence-corrected chi connectivity index (χ2v) is 5.41. The number of aryl methyl sites for hydroxylation is 1. The maximum atomic E-state index is 5.94. The predicted octanol–water partition coefficient (Wildman–Crippen LogP) is 2.58. The minimum Gasteiger partial charge on any atom is -0.385 e. The molecule has 110 valence electrons. The van der Waals surface area contributed by atoms with Crippen LogP contribution in [0.1, 0.15) is 20.3 Å². The van der Waals surface area contributed by atoms with Crippen LogP contribution in [0.4, 0.5) is 5.82 Å². The van der Waals surface area contributed by atoms with Crippen molar-refractivity contribution in [2.75, 3.05) is 25.6 Å². The van der Waals surface area contributed by atoms with E-state index in [1.165, 1.54) is 0 Å². The summed E-state index contributed by atoms with van der Waals surface area (Å²) in [6.45, 7) is 6.63. The van der Waals surface area contributed by atoms with Crippen molar-refractivity contribution in [2.45, 2.75) is 26.8 Å². The van der Waals surface area contributed by atoms with Gasteiger partial charge in [-0.15, -0.1) is 0 Å². The summed E-state index contributed by atoms with van der Waals surface area (Å²) in [5, 5.41) is 3.53. The maximum Gasteiger partial charge on any atom is 0.226 e. The molecule has 0 spiro atoms. The minimum absolute atomic E-state index is 0.214. The molecule has 2 rings (SSSR count). The van der Waals surface area contributed by atoms with Crippen molar-refractivity contribution in [2.24, 2.45) is 5.92 Å². The Morgan fingerprint density at radius 1 is 1.40 bits per heavy atom. The van der Waals surface area contributed by atoms with E-state index in [4.69, 9.17) is 16.3 Å². The number of fused-ring (bicyclic) bond motifs is 1. The van der Waals surface area contributed by atoms with Gasteiger partial charge in [-0.25, -0.2) is 4.98 Å². The number of nitrogens with one attached hydrogen (secondary N) is 1. The van der Waals surface area contributed by atoms with Gasteiger partial charge in [-0.3, -0.25) is 0 Å². The van der Waals surface area contributed by atoms with Crippen molar-refractivity contribution in [1.82, 2.24) is 19.5 Å². The van der Waals surface area contributed by atoms with Crippen molar-refractivity contribution in [3.63, 3.8) is 0 Å². The number of halogens is 1. The van der Waals surface area contributed by atoms with Gasteiger partial charge in [0.1, 0.15) is 5.52 Å². The summed E-state index contributed by atoms with van der Waals surface area (Å²) in [7, 11) is 1.70. The molecule has 0 saturated heterocycles. The molecule has 1 N–H and O–H groups in total. The third-order valence-electron chi connectivity index (χ3n) is 2.87. The highest BCUT2D eigenvalue weighted by atomic mass is 35.5. The van der Waals surface area contributed by atoms with Crippen molar-refractivity contribution in [3.05, 3.63) is 11.6 Å². The van der Waals surface area contributed by atoms with E-state index in [0.717, 1.165) is 30.8 Å². The quantitative estimate of drug-likeness (QED) is 0.628. The van der Waals surface area contributed by atoms with Crippen LogP contribution in [0.3, 0.4) is 0 Å². The molecule has 0 atom stereocenters. The fourth-order valence-electron chi connectivity index (χ4n) is 1.93. The van der Waals surface area contributed by atoms with Gasteiger partial charge in [0.25, 0.3) is 0 Å². The molecule has 7 heteroatoms. The van der Waals surface area contributed by atoms with Crippen LogP contribution in [0.2, 0.25) is 5.28 Å². The van der Waals surface area contributed by atoms with Gasteiger partial charge in [-0.2, -0.15) is 9.97 Å². The zero-order valence-corrected chi connectivity index (χ0v) is 12.8. The lowest BCUT2D eigenvalue weighted by Gasteiger charge is -2.11. The van der Waals surface area contributed by atoms with Gasteiger partial charge in [0.2, 0.25) is 5.28 Å². The van der Waals surface area contributed by atoms with Crippen LogP contribution >= 0.6 is 11.6 Å². The molecule has 0 fully saturated rings. The SMILES string of the molecule is COCCCn1cnc2nc(Cl)nc(NCC(C)C)c21. The average Bonchev–Trinajstić information content (AvgIpc) is 2.79. The summed E-state index contributed by atoms with van der Waals surface area (Å²) < 4.78 is 7.11. The smallest absolute Gasteiger partial charge is 0.226 e. The largest absolute Gasteiger partial charge is 0.385 e. The second-order valence-electron chi connectivity index (χ2n) is 5.07. The fraction of sp³-hybridized carbons (Fsp3) is 0.615. The highest BCUT2D eigenvalue weighted by Crippen LogP contribution is 2.22. The van der Waals surface area contributed by atoms with Crippen molar-refractivity contribution >= 4 is 28.6 Å². The van der Waals surface area contributed by atoms with E-state index in [1.807, 2.05) is 4.57 Å². The summed E-state index contributed by atoms with van der Waals surface area (Å²) in [5.41, 5.74) is 1.51. The number of imidazole rings is 1. The van der Waals surface area contributed by atoms with E-state index in [-0.39, 0.29) is 5.28 Å². The maximum absolute atomic E-state index is 5.94. The molecule has 6 nitrogen and oxygen atoms in total. The summed E-state index contributed by atoms with van der Waals surface area (Å²) in [5.74, 6) is 1.26. The highest BCUT2D eigenvalue weighted by Gasteiger charge is 2.13. The van der Waals surface area contributed by atoms with E-state index >= 15 is 0 Å². The topological polar surface area (TPSA) is 64.9 Å². The summed E-state index contributed by atoms with van der Waals surface area (Å²) in [6, 6.07) is 0. The molecule has 0 aliphatic carbocycles. The van der Waals surface area contributed by atoms with Gasteiger partial charge in [-0.05, 0) is 23.9 Å². The molecular weight excluding hydrogens is 278 g/mol. The van der Waals surface area contributed by atoms with Gasteiger partial charge in [-0.1, -0.05) is 13.8 Å². The molecule has 2 aromatic heterocycles. The van der Waals surface area contributed by atoms with E-state index in [0.29, 0.717) is 18.2 Å². The van der Waals surface area contributed by atoms with E-state index in [2.05, 4.69) is 34.1 Å². The molecule has 0 aliphatic rings. The van der Waals surface area contributed by atoms with Crippen LogP contribution in [-0.2, 0) is 11.3 Å². The summed E-state index contributed by atoms with van der Waals surface area (Å²) in [4.78, 5) is 12.7. The number of methoxy groups -OCH3 is 1. The first-order valence-corrected chi connectivity index (χ1v) is 7.10. The predicted molar refractivity (Wildman–Crippen MR) is 80.2 cm³/mol. The summed E-state index contributed by atoms with van der Waals surface area (Å²) >= 11 is 5.94. The monoisotopic (exact) mass is 297 g/mol. The molecular formula is C13H20ClN5O. The van der Waals surface area contributed by atoms with Gasteiger partial charge in [0.05, 0.1) is 6.33 Å². The third kappa shape index (κ3) is 3.58. The van der Waals surface area contributed by atoms with Gasteiger partial charge >= 0.3 is 0 Å². The number of aromatic nitrogens is 4. The lowest BCUT2D eigenvalue weighted by Crippen LogP contribution is -2.11. The lowest BCUT2D eigenvalue weighted by atomic mass is 10.2. The standard InChI is InChI=1S/C13H20ClN5O/c1-9(2)7-15-11-10-12(18-13(14)17-11)16-8-19(10)5-4-6-20-3/h8-9H,4-7H2,1-3H3,(H,15,17,18). The summed E-state index contributed by atoms with van der Waals surface area (Å²) in [6.07, 6.45) is 2.68. The first-order valence-electron chi connectivity index (χ1n) is 6.73. The Morgan fingerprint density at radius 3 is 2.90 bits per heavy atom. The van der Waals surface area contributed by atoms with Crippen LogP contribution in [0.15, 0.2) is 6.33 Å². The zero-order chi connectivity index (χ0) is 14.5. The van der Waals surface area contributed by atoms with E-state index in [1.54, 1.807) is 13.4 Å². The molecule has 0 aromatic carbocycles. The molecule has 0 radical (unpaired) electrons.